The van der Waals surface area contributed by atoms with Crippen molar-refractivity contribution in [3.05, 3.63) is 77.1 Å². The molecule has 2 heterocycles. The number of fused-ring (bicyclic) bond motifs is 3. The smallest absolute Gasteiger partial charge is 0.239 e. The van der Waals surface area contributed by atoms with Gasteiger partial charge in [0, 0.05) is 29.7 Å². The van der Waals surface area contributed by atoms with Crippen LogP contribution in [-0.2, 0) is 22.6 Å². The molecule has 2 aromatic heterocycles. The molecule has 0 atom stereocenters. The number of carbonyl (C=O) groups is 2. The summed E-state index contributed by atoms with van der Waals surface area (Å²) in [5.41, 5.74) is 5.62. The average Bonchev–Trinajstić information content (AvgIpc) is 3.15. The maximum atomic E-state index is 12.3. The zero-order chi connectivity index (χ0) is 21.8. The van der Waals surface area contributed by atoms with E-state index in [4.69, 9.17) is 4.98 Å². The molecular formula is C24H25N5O2. The molecular weight excluding hydrogens is 390 g/mol. The summed E-state index contributed by atoms with van der Waals surface area (Å²) in [5.74, 6) is -0.379. The summed E-state index contributed by atoms with van der Waals surface area (Å²) in [6.07, 6.45) is 0.815. The molecule has 0 fully saturated rings. The second-order valence-electron chi connectivity index (χ2n) is 7.55. The Morgan fingerprint density at radius 2 is 1.68 bits per heavy atom. The van der Waals surface area contributed by atoms with Crippen molar-refractivity contribution >= 4 is 28.4 Å². The van der Waals surface area contributed by atoms with E-state index >= 15 is 0 Å². The van der Waals surface area contributed by atoms with Gasteiger partial charge in [-0.2, -0.15) is 5.10 Å². The average molecular weight is 415 g/mol. The molecule has 7 heteroatoms. The quantitative estimate of drug-likeness (QED) is 0.486. The Bertz CT molecular complexity index is 1250. The fourth-order valence-electron chi connectivity index (χ4n) is 3.70. The molecule has 0 saturated carbocycles. The summed E-state index contributed by atoms with van der Waals surface area (Å²) >= 11 is 0. The maximum Gasteiger partial charge on any atom is 0.239 e. The van der Waals surface area contributed by atoms with Crippen molar-refractivity contribution in [3.8, 4) is 0 Å². The van der Waals surface area contributed by atoms with Crippen LogP contribution in [0.25, 0.3) is 16.6 Å². The van der Waals surface area contributed by atoms with E-state index in [-0.39, 0.29) is 24.8 Å². The van der Waals surface area contributed by atoms with Crippen LogP contribution in [0, 0.1) is 13.8 Å². The van der Waals surface area contributed by atoms with Crippen LogP contribution >= 0.6 is 0 Å². The molecule has 0 saturated heterocycles. The third-order valence-corrected chi connectivity index (χ3v) is 5.40. The normalized spacial score (nSPS) is 11.0. The van der Waals surface area contributed by atoms with Crippen molar-refractivity contribution in [2.75, 3.05) is 6.54 Å². The lowest BCUT2D eigenvalue weighted by molar-refractivity contribution is -0.126. The van der Waals surface area contributed by atoms with Crippen molar-refractivity contribution < 1.29 is 9.59 Å². The van der Waals surface area contributed by atoms with Gasteiger partial charge in [-0.1, -0.05) is 42.5 Å². The second kappa shape index (κ2) is 8.95. The van der Waals surface area contributed by atoms with Crippen LogP contribution in [0.4, 0.5) is 0 Å². The molecule has 0 spiro atoms. The van der Waals surface area contributed by atoms with Crippen LogP contribution < -0.4 is 10.6 Å². The first-order valence-corrected chi connectivity index (χ1v) is 10.3. The third-order valence-electron chi connectivity index (χ3n) is 5.40. The van der Waals surface area contributed by atoms with E-state index in [0.717, 1.165) is 39.1 Å². The minimum Gasteiger partial charge on any atom is -0.350 e. The molecule has 0 aliphatic heterocycles. The number of nitrogens with one attached hydrogen (secondary N) is 2. The molecule has 4 aromatic rings. The van der Waals surface area contributed by atoms with Gasteiger partial charge in [0.05, 0.1) is 12.1 Å². The maximum absolute atomic E-state index is 12.3. The van der Waals surface area contributed by atoms with Gasteiger partial charge in [-0.3, -0.25) is 9.59 Å². The number of amides is 2. The minimum atomic E-state index is -0.212. The summed E-state index contributed by atoms with van der Waals surface area (Å²) in [6.45, 7) is 4.36. The molecule has 0 aliphatic carbocycles. The lowest BCUT2D eigenvalue weighted by Gasteiger charge is -2.11. The van der Waals surface area contributed by atoms with E-state index in [1.54, 1.807) is 0 Å². The number of aryl methyl sites for hydroxylation is 2. The first kappa shape index (κ1) is 20.5. The molecule has 31 heavy (non-hydrogen) atoms. The van der Waals surface area contributed by atoms with Gasteiger partial charge in [-0.25, -0.2) is 9.50 Å². The Hall–Kier alpha value is -3.74. The molecule has 2 amide bonds. The number of hydrogen-bond donors (Lipinski definition) is 2. The number of rotatable bonds is 7. The highest BCUT2D eigenvalue weighted by Gasteiger charge is 2.15. The fourth-order valence-corrected chi connectivity index (χ4v) is 3.70. The number of aromatic nitrogens is 3. The Balaban J connectivity index is 1.34. The van der Waals surface area contributed by atoms with Crippen molar-refractivity contribution in [2.45, 2.75) is 33.2 Å². The van der Waals surface area contributed by atoms with E-state index in [9.17, 15) is 9.59 Å². The van der Waals surface area contributed by atoms with Gasteiger partial charge < -0.3 is 10.6 Å². The van der Waals surface area contributed by atoms with Gasteiger partial charge in [-0.05, 0) is 43.5 Å². The second-order valence-corrected chi connectivity index (χ2v) is 7.55. The summed E-state index contributed by atoms with van der Waals surface area (Å²) in [7, 11) is 0. The largest absolute Gasteiger partial charge is 0.350 e. The number of benzene rings is 2. The van der Waals surface area contributed by atoms with Crippen molar-refractivity contribution in [2.24, 2.45) is 0 Å². The summed E-state index contributed by atoms with van der Waals surface area (Å²) in [6, 6.07) is 17.6. The predicted molar refractivity (Wildman–Crippen MR) is 120 cm³/mol. The van der Waals surface area contributed by atoms with Crippen LogP contribution in [0.1, 0.15) is 28.9 Å². The monoisotopic (exact) mass is 415 g/mol. The van der Waals surface area contributed by atoms with Crippen molar-refractivity contribution in [1.82, 2.24) is 25.2 Å². The predicted octanol–water partition coefficient (Wildman–Crippen LogP) is 2.86. The highest BCUT2D eigenvalue weighted by molar-refractivity contribution is 5.92. The standard InChI is InChI=1S/C24H25N5O2/c1-16-19(17(2)29-24(27-16)20-10-6-7-11-21(20)28-29)12-13-22(30)26-15-23(31)25-14-18-8-4-3-5-9-18/h3-11H,12-15H2,1-2H3,(H,25,31)(H,26,30). The third kappa shape index (κ3) is 4.55. The summed E-state index contributed by atoms with van der Waals surface area (Å²) < 4.78 is 1.85. The molecule has 0 unspecified atom stereocenters. The number of nitrogens with zero attached hydrogens (tertiary/aromatic N) is 3. The topological polar surface area (TPSA) is 88.4 Å². The van der Waals surface area contributed by atoms with E-state index < -0.39 is 0 Å². The SMILES string of the molecule is Cc1nc2c3ccccc3nn2c(C)c1CCC(=O)NCC(=O)NCc1ccccc1. The zero-order valence-electron chi connectivity index (χ0n) is 17.7. The van der Waals surface area contributed by atoms with Crippen LogP contribution in [0.3, 0.4) is 0 Å². The van der Waals surface area contributed by atoms with Gasteiger partial charge in [0.2, 0.25) is 11.8 Å². The number of hydrogen-bond acceptors (Lipinski definition) is 4. The minimum absolute atomic E-state index is 0.0362. The first-order chi connectivity index (χ1) is 15.0. The Labute approximate surface area is 180 Å². The van der Waals surface area contributed by atoms with Gasteiger partial charge in [0.1, 0.15) is 0 Å². The zero-order valence-corrected chi connectivity index (χ0v) is 17.7. The molecule has 2 N–H and O–H groups in total. The van der Waals surface area contributed by atoms with Crippen LogP contribution in [-0.4, -0.2) is 33.0 Å². The highest BCUT2D eigenvalue weighted by atomic mass is 16.2. The van der Waals surface area contributed by atoms with E-state index in [1.165, 1.54) is 0 Å². The van der Waals surface area contributed by atoms with Crippen LogP contribution in [0.2, 0.25) is 0 Å². The Morgan fingerprint density at radius 1 is 0.935 bits per heavy atom. The van der Waals surface area contributed by atoms with Gasteiger partial charge in [0.25, 0.3) is 0 Å². The molecule has 7 nitrogen and oxygen atoms in total. The molecule has 0 radical (unpaired) electrons. The Kier molecular flexibility index (Phi) is 5.93. The fraction of sp³-hybridized carbons (Fsp3) is 0.250. The number of carbonyl (C=O) groups excluding carboxylic acids is 2. The molecule has 0 aliphatic rings. The van der Waals surface area contributed by atoms with E-state index in [0.29, 0.717) is 13.0 Å². The van der Waals surface area contributed by atoms with E-state index in [1.807, 2.05) is 73.0 Å². The molecule has 2 aromatic carbocycles. The van der Waals surface area contributed by atoms with E-state index in [2.05, 4.69) is 15.7 Å². The van der Waals surface area contributed by atoms with Crippen molar-refractivity contribution in [1.29, 1.82) is 0 Å². The van der Waals surface area contributed by atoms with Crippen LogP contribution in [0.15, 0.2) is 54.6 Å². The highest BCUT2D eigenvalue weighted by Crippen LogP contribution is 2.22. The summed E-state index contributed by atoms with van der Waals surface area (Å²) in [4.78, 5) is 29.0. The lowest BCUT2D eigenvalue weighted by atomic mass is 10.1. The van der Waals surface area contributed by atoms with Gasteiger partial charge >= 0.3 is 0 Å². The van der Waals surface area contributed by atoms with Gasteiger partial charge in [-0.15, -0.1) is 0 Å². The summed E-state index contributed by atoms with van der Waals surface area (Å²) in [5, 5.41) is 11.2. The van der Waals surface area contributed by atoms with Gasteiger partial charge in [0.15, 0.2) is 5.65 Å². The molecule has 0 bridgehead atoms. The van der Waals surface area contributed by atoms with Crippen LogP contribution in [0.5, 0.6) is 0 Å². The Morgan fingerprint density at radius 3 is 2.48 bits per heavy atom. The van der Waals surface area contributed by atoms with Crippen molar-refractivity contribution in [3.63, 3.8) is 0 Å². The lowest BCUT2D eigenvalue weighted by Crippen LogP contribution is -2.36. The molecule has 4 rings (SSSR count). The molecule has 158 valence electrons. The first-order valence-electron chi connectivity index (χ1n) is 10.3.